The van der Waals surface area contributed by atoms with Crippen molar-refractivity contribution in [3.63, 3.8) is 0 Å². The molecule has 2 amide bonds. The molecule has 0 bridgehead atoms. The predicted octanol–water partition coefficient (Wildman–Crippen LogP) is 2.85. The number of anilines is 1. The van der Waals surface area contributed by atoms with E-state index >= 15 is 0 Å². The normalized spacial score (nSPS) is 26.1. The number of amides is 2. The molecule has 5 heteroatoms. The maximum atomic E-state index is 12.8. The first-order valence-corrected chi connectivity index (χ1v) is 7.08. The lowest BCUT2D eigenvalue weighted by Gasteiger charge is -2.39. The van der Waals surface area contributed by atoms with Crippen molar-refractivity contribution in [2.45, 2.75) is 38.1 Å². The van der Waals surface area contributed by atoms with Gasteiger partial charge in [-0.15, -0.1) is 0 Å². The van der Waals surface area contributed by atoms with Gasteiger partial charge in [-0.3, -0.25) is 0 Å². The molecule has 2 unspecified atom stereocenters. The lowest BCUT2D eigenvalue weighted by molar-refractivity contribution is 0.191. The van der Waals surface area contributed by atoms with Crippen LogP contribution in [0.5, 0.6) is 0 Å². The third-order valence-corrected chi connectivity index (χ3v) is 3.96. The highest BCUT2D eigenvalue weighted by Crippen LogP contribution is 2.31. The zero-order valence-corrected chi connectivity index (χ0v) is 11.8. The molecule has 4 nitrogen and oxygen atoms in total. The van der Waals surface area contributed by atoms with Crippen LogP contribution < -0.4 is 16.4 Å². The molecule has 0 spiro atoms. The number of nitrogens with two attached hydrogens (primary N) is 1. The number of urea groups is 1. The summed E-state index contributed by atoms with van der Waals surface area (Å²) in [5.74, 6) is 0.244. The van der Waals surface area contributed by atoms with Gasteiger partial charge in [0.15, 0.2) is 0 Å². The zero-order valence-electron chi connectivity index (χ0n) is 11.8. The van der Waals surface area contributed by atoms with Gasteiger partial charge in [0, 0.05) is 12.2 Å². The molecule has 0 heterocycles. The summed E-state index contributed by atoms with van der Waals surface area (Å²) in [5, 5.41) is 5.72. The fourth-order valence-corrected chi connectivity index (χ4v) is 2.95. The van der Waals surface area contributed by atoms with E-state index in [-0.39, 0.29) is 17.4 Å². The molecule has 1 aliphatic carbocycles. The van der Waals surface area contributed by atoms with Crippen molar-refractivity contribution in [1.29, 1.82) is 0 Å². The van der Waals surface area contributed by atoms with Crippen LogP contribution in [0.4, 0.5) is 14.9 Å². The Hall–Kier alpha value is -1.62. The Morgan fingerprint density at radius 1 is 1.45 bits per heavy atom. The number of hydrogen-bond donors (Lipinski definition) is 3. The number of nitrogens with one attached hydrogen (secondary N) is 2. The molecule has 1 aliphatic rings. The van der Waals surface area contributed by atoms with Gasteiger partial charge in [0.25, 0.3) is 0 Å². The molecule has 1 saturated carbocycles. The summed E-state index contributed by atoms with van der Waals surface area (Å²) < 4.78 is 12.8. The highest BCUT2D eigenvalue weighted by molar-refractivity contribution is 5.89. The first-order chi connectivity index (χ1) is 9.53. The van der Waals surface area contributed by atoms with Crippen LogP contribution in [0.15, 0.2) is 24.3 Å². The van der Waals surface area contributed by atoms with Gasteiger partial charge in [0.2, 0.25) is 0 Å². The van der Waals surface area contributed by atoms with Gasteiger partial charge >= 0.3 is 6.03 Å². The summed E-state index contributed by atoms with van der Waals surface area (Å²) in [5.41, 5.74) is 6.12. The Morgan fingerprint density at radius 3 is 2.75 bits per heavy atom. The SMILES string of the molecule is CC1CCCC(CN)(NC(=O)Nc2ccc(F)cc2)C1. The van der Waals surface area contributed by atoms with Crippen molar-refractivity contribution in [3.05, 3.63) is 30.1 Å². The van der Waals surface area contributed by atoms with Crippen molar-refractivity contribution >= 4 is 11.7 Å². The minimum Gasteiger partial charge on any atom is -0.331 e. The average molecular weight is 279 g/mol. The smallest absolute Gasteiger partial charge is 0.319 e. The number of hydrogen-bond acceptors (Lipinski definition) is 2. The van der Waals surface area contributed by atoms with Gasteiger partial charge in [0.05, 0.1) is 5.54 Å². The molecule has 0 saturated heterocycles. The summed E-state index contributed by atoms with van der Waals surface area (Å²) in [4.78, 5) is 12.1. The van der Waals surface area contributed by atoms with Gasteiger partial charge in [0.1, 0.15) is 5.82 Å². The number of rotatable bonds is 3. The highest BCUT2D eigenvalue weighted by Gasteiger charge is 2.35. The Morgan fingerprint density at radius 2 is 2.15 bits per heavy atom. The molecule has 0 radical (unpaired) electrons. The average Bonchev–Trinajstić information content (AvgIpc) is 2.41. The minimum absolute atomic E-state index is 0.281. The summed E-state index contributed by atoms with van der Waals surface area (Å²) in [6, 6.07) is 5.42. The van der Waals surface area contributed by atoms with Crippen molar-refractivity contribution < 1.29 is 9.18 Å². The molecule has 4 N–H and O–H groups in total. The standard InChI is InChI=1S/C15H22FN3O/c1-11-3-2-8-15(9-11,10-17)19-14(20)18-13-6-4-12(16)5-7-13/h4-7,11H,2-3,8-10,17H2,1H3,(H2,18,19,20). The maximum Gasteiger partial charge on any atom is 0.319 e. The van der Waals surface area contributed by atoms with Crippen LogP contribution in [0.1, 0.15) is 32.6 Å². The fourth-order valence-electron chi connectivity index (χ4n) is 2.95. The van der Waals surface area contributed by atoms with E-state index in [1.807, 2.05) is 0 Å². The quantitative estimate of drug-likeness (QED) is 0.796. The molecule has 2 rings (SSSR count). The second kappa shape index (κ2) is 6.22. The van der Waals surface area contributed by atoms with Gasteiger partial charge in [-0.05, 0) is 43.0 Å². The van der Waals surface area contributed by atoms with Crippen molar-refractivity contribution in [2.24, 2.45) is 11.7 Å². The second-order valence-electron chi connectivity index (χ2n) is 5.77. The summed E-state index contributed by atoms with van der Waals surface area (Å²) in [7, 11) is 0. The zero-order chi connectivity index (χ0) is 14.6. The molecular weight excluding hydrogens is 257 g/mol. The summed E-state index contributed by atoms with van der Waals surface area (Å²) in [6.07, 6.45) is 4.07. The van der Waals surface area contributed by atoms with Crippen LogP contribution in [0, 0.1) is 11.7 Å². The van der Waals surface area contributed by atoms with Gasteiger partial charge in [-0.25, -0.2) is 9.18 Å². The Balaban J connectivity index is 1.97. The lowest BCUT2D eigenvalue weighted by atomic mass is 9.76. The summed E-state index contributed by atoms with van der Waals surface area (Å²) in [6.45, 7) is 2.62. The molecule has 0 aromatic heterocycles. The van der Waals surface area contributed by atoms with Crippen molar-refractivity contribution in [3.8, 4) is 0 Å². The maximum absolute atomic E-state index is 12.8. The first-order valence-electron chi connectivity index (χ1n) is 7.08. The number of halogens is 1. The molecule has 20 heavy (non-hydrogen) atoms. The van der Waals surface area contributed by atoms with Crippen molar-refractivity contribution in [2.75, 3.05) is 11.9 Å². The monoisotopic (exact) mass is 279 g/mol. The van der Waals surface area contributed by atoms with E-state index in [9.17, 15) is 9.18 Å². The Kier molecular flexibility index (Phi) is 4.60. The van der Waals surface area contributed by atoms with Crippen molar-refractivity contribution in [1.82, 2.24) is 5.32 Å². The lowest BCUT2D eigenvalue weighted by Crippen LogP contribution is -2.57. The third kappa shape index (κ3) is 3.70. The van der Waals surface area contributed by atoms with Gasteiger partial charge in [-0.2, -0.15) is 0 Å². The topological polar surface area (TPSA) is 67.1 Å². The van der Waals surface area contributed by atoms with Crippen LogP contribution in [0.3, 0.4) is 0 Å². The molecule has 1 fully saturated rings. The van der Waals surface area contributed by atoms with E-state index in [0.717, 1.165) is 19.3 Å². The molecule has 110 valence electrons. The van der Waals surface area contributed by atoms with Crippen LogP contribution >= 0.6 is 0 Å². The van der Waals surface area contributed by atoms with E-state index in [1.165, 1.54) is 30.7 Å². The molecule has 0 aliphatic heterocycles. The number of carbonyl (C=O) groups is 1. The number of carbonyl (C=O) groups excluding carboxylic acids is 1. The molecule has 1 aromatic carbocycles. The van der Waals surface area contributed by atoms with E-state index in [4.69, 9.17) is 5.73 Å². The first kappa shape index (κ1) is 14.8. The van der Waals surface area contributed by atoms with Crippen LogP contribution in [0.25, 0.3) is 0 Å². The Labute approximate surface area is 118 Å². The fraction of sp³-hybridized carbons (Fsp3) is 0.533. The summed E-state index contributed by atoms with van der Waals surface area (Å²) >= 11 is 0. The highest BCUT2D eigenvalue weighted by atomic mass is 19.1. The second-order valence-corrected chi connectivity index (χ2v) is 5.77. The van der Waals surface area contributed by atoms with Crippen LogP contribution in [0.2, 0.25) is 0 Å². The van der Waals surface area contributed by atoms with E-state index in [2.05, 4.69) is 17.6 Å². The third-order valence-electron chi connectivity index (χ3n) is 3.96. The van der Waals surface area contributed by atoms with Crippen LogP contribution in [-0.2, 0) is 0 Å². The number of benzene rings is 1. The van der Waals surface area contributed by atoms with E-state index in [1.54, 1.807) is 0 Å². The van der Waals surface area contributed by atoms with Gasteiger partial charge < -0.3 is 16.4 Å². The predicted molar refractivity (Wildman–Crippen MR) is 78.0 cm³/mol. The van der Waals surface area contributed by atoms with Crippen LogP contribution in [-0.4, -0.2) is 18.1 Å². The molecular formula is C15H22FN3O. The van der Waals surface area contributed by atoms with E-state index in [0.29, 0.717) is 18.2 Å². The Bertz CT molecular complexity index is 463. The van der Waals surface area contributed by atoms with E-state index < -0.39 is 0 Å². The molecule has 2 atom stereocenters. The largest absolute Gasteiger partial charge is 0.331 e. The molecule has 1 aromatic rings. The minimum atomic E-state index is -0.324. The van der Waals surface area contributed by atoms with Gasteiger partial charge in [-0.1, -0.05) is 19.8 Å².